The Morgan fingerprint density at radius 3 is 2.40 bits per heavy atom. The van der Waals surface area contributed by atoms with E-state index in [4.69, 9.17) is 0 Å². The van der Waals surface area contributed by atoms with Crippen LogP contribution in [0, 0.1) is 11.6 Å². The summed E-state index contributed by atoms with van der Waals surface area (Å²) in [5.74, 6) is -2.69. The summed E-state index contributed by atoms with van der Waals surface area (Å²) in [6.07, 6.45) is 3.81. The van der Waals surface area contributed by atoms with Crippen molar-refractivity contribution in [1.82, 2.24) is 19.4 Å². The zero-order valence-electron chi connectivity index (χ0n) is 24.9. The molecule has 2 fully saturated rings. The molecule has 1 saturated carbocycles. The minimum Gasteiger partial charge on any atom is -0.507 e. The van der Waals surface area contributed by atoms with Crippen molar-refractivity contribution in [3.05, 3.63) is 82.8 Å². The number of phenols is 1. The van der Waals surface area contributed by atoms with Crippen LogP contribution in [0.5, 0.6) is 5.75 Å². The van der Waals surface area contributed by atoms with Crippen molar-refractivity contribution in [3.63, 3.8) is 0 Å². The SMILES string of the molecule is C=CC(=O)N1C[C@H](C)N(c2nc(=O)n(-c3c(C4CC4)cccc3S(C)(=O)=O)c3nc(-c4c(O)cccc4F)c(F)cc23)C[C@H]1C. The highest BCUT2D eigenvalue weighted by molar-refractivity contribution is 7.90. The Morgan fingerprint density at radius 1 is 1.04 bits per heavy atom. The van der Waals surface area contributed by atoms with Crippen LogP contribution in [0.3, 0.4) is 0 Å². The second-order valence-corrected chi connectivity index (χ2v) is 13.6. The van der Waals surface area contributed by atoms with E-state index in [-0.39, 0.29) is 64.4 Å². The summed E-state index contributed by atoms with van der Waals surface area (Å²) in [5.41, 5.74) is -1.45. The lowest BCUT2D eigenvalue weighted by Gasteiger charge is -2.44. The molecule has 10 nitrogen and oxygen atoms in total. The Bertz CT molecular complexity index is 2040. The van der Waals surface area contributed by atoms with Crippen LogP contribution in [-0.2, 0) is 14.6 Å². The third-order valence-electron chi connectivity index (χ3n) is 8.42. The number of anilines is 1. The van der Waals surface area contributed by atoms with Gasteiger partial charge in [0.05, 0.1) is 21.5 Å². The number of para-hydroxylation sites is 1. The van der Waals surface area contributed by atoms with Gasteiger partial charge in [-0.05, 0) is 68.5 Å². The molecular formula is C32H31F2N5O5S. The Hall–Kier alpha value is -4.65. The van der Waals surface area contributed by atoms with Gasteiger partial charge in [0, 0.05) is 31.4 Å². The number of aromatic nitrogens is 3. The van der Waals surface area contributed by atoms with E-state index in [1.54, 1.807) is 21.9 Å². The number of hydrogen-bond acceptors (Lipinski definition) is 8. The molecule has 0 unspecified atom stereocenters. The summed E-state index contributed by atoms with van der Waals surface area (Å²) < 4.78 is 58.2. The first-order chi connectivity index (χ1) is 21.3. The van der Waals surface area contributed by atoms with Crippen LogP contribution in [0.1, 0.15) is 38.2 Å². The normalized spacial score (nSPS) is 18.8. The highest BCUT2D eigenvalue weighted by Gasteiger charge is 2.36. The molecule has 4 aromatic rings. The third kappa shape index (κ3) is 5.24. The maximum atomic E-state index is 16.0. The molecule has 2 atom stereocenters. The number of rotatable bonds is 6. The van der Waals surface area contributed by atoms with Crippen LogP contribution in [0.15, 0.2) is 64.8 Å². The molecule has 45 heavy (non-hydrogen) atoms. The van der Waals surface area contributed by atoms with Crippen LogP contribution in [0.25, 0.3) is 28.0 Å². The molecule has 6 rings (SSSR count). The van der Waals surface area contributed by atoms with Crippen molar-refractivity contribution >= 4 is 32.6 Å². The molecule has 1 amide bonds. The molecule has 2 aromatic carbocycles. The zero-order chi connectivity index (χ0) is 32.4. The smallest absolute Gasteiger partial charge is 0.355 e. The van der Waals surface area contributed by atoms with E-state index in [2.05, 4.69) is 16.5 Å². The van der Waals surface area contributed by atoms with E-state index in [0.29, 0.717) is 5.56 Å². The second-order valence-electron chi connectivity index (χ2n) is 11.7. The lowest BCUT2D eigenvalue weighted by Crippen LogP contribution is -2.58. The van der Waals surface area contributed by atoms with Crippen molar-refractivity contribution in [2.45, 2.75) is 49.6 Å². The molecule has 13 heteroatoms. The summed E-state index contributed by atoms with van der Waals surface area (Å²) in [4.78, 5) is 38.7. The zero-order valence-corrected chi connectivity index (χ0v) is 25.7. The molecule has 0 radical (unpaired) electrons. The van der Waals surface area contributed by atoms with Crippen LogP contribution in [0.2, 0.25) is 0 Å². The predicted molar refractivity (Wildman–Crippen MR) is 165 cm³/mol. The number of piperazine rings is 1. The Balaban J connectivity index is 1.69. The highest BCUT2D eigenvalue weighted by Crippen LogP contribution is 2.45. The summed E-state index contributed by atoms with van der Waals surface area (Å²) in [6, 6.07) is 8.58. The van der Waals surface area contributed by atoms with E-state index in [1.165, 1.54) is 24.3 Å². The topological polar surface area (TPSA) is 126 Å². The minimum absolute atomic E-state index is 0.0183. The van der Waals surface area contributed by atoms with Gasteiger partial charge in [0.2, 0.25) is 5.91 Å². The maximum Gasteiger partial charge on any atom is 0.355 e. The highest BCUT2D eigenvalue weighted by atomic mass is 32.2. The van der Waals surface area contributed by atoms with Crippen molar-refractivity contribution in [2.75, 3.05) is 24.2 Å². The summed E-state index contributed by atoms with van der Waals surface area (Å²) in [5, 5.41) is 10.6. The molecule has 1 N–H and O–H groups in total. The number of halogens is 2. The summed E-state index contributed by atoms with van der Waals surface area (Å²) in [7, 11) is -3.89. The quantitative estimate of drug-likeness (QED) is 0.311. The number of fused-ring (bicyclic) bond motifs is 1. The molecule has 2 aliphatic rings. The average molecular weight is 636 g/mol. The number of phenolic OH excluding ortho intramolecular Hbond substituents is 1. The first kappa shape index (κ1) is 30.4. The monoisotopic (exact) mass is 635 g/mol. The van der Waals surface area contributed by atoms with Gasteiger partial charge in [-0.25, -0.2) is 31.5 Å². The van der Waals surface area contributed by atoms with Crippen LogP contribution < -0.4 is 10.6 Å². The van der Waals surface area contributed by atoms with Gasteiger partial charge in [-0.1, -0.05) is 24.8 Å². The number of nitrogens with zero attached hydrogens (tertiary/aromatic N) is 5. The van der Waals surface area contributed by atoms with Crippen molar-refractivity contribution < 1.29 is 27.1 Å². The van der Waals surface area contributed by atoms with E-state index in [1.807, 2.05) is 13.8 Å². The standard InChI is InChI=1S/C32H31F2N5O5S/c1-5-26(41)37-15-18(3)38(16-17(37)2)30-21-14-23(34)28(27-22(33)9-7-10-24(27)40)35-31(21)39(32(42)36-30)29-20(19-12-13-19)8-6-11-25(29)45(4,43)44/h5-11,14,17-19,40H,1,12-13,15-16H2,2-4H3/t17-,18+/m1/s1. The van der Waals surface area contributed by atoms with Crippen LogP contribution in [-0.4, -0.2) is 70.3 Å². The Labute approximate surface area is 258 Å². The fraction of sp³-hybridized carbons (Fsp3) is 0.312. The molecule has 234 valence electrons. The van der Waals surface area contributed by atoms with Gasteiger partial charge in [0.1, 0.15) is 23.1 Å². The number of carbonyl (C=O) groups is 1. The molecule has 1 aliphatic heterocycles. The van der Waals surface area contributed by atoms with Gasteiger partial charge >= 0.3 is 5.69 Å². The molecule has 1 aliphatic carbocycles. The third-order valence-corrected chi connectivity index (χ3v) is 9.54. The number of carbonyl (C=O) groups excluding carboxylic acids is 1. The molecule has 0 bridgehead atoms. The van der Waals surface area contributed by atoms with E-state index in [0.717, 1.165) is 35.8 Å². The van der Waals surface area contributed by atoms with Gasteiger partial charge < -0.3 is 14.9 Å². The number of pyridine rings is 1. The number of aromatic hydroxyl groups is 1. The number of amides is 1. The van der Waals surface area contributed by atoms with Crippen molar-refractivity contribution in [3.8, 4) is 22.7 Å². The largest absolute Gasteiger partial charge is 0.507 e. The van der Waals surface area contributed by atoms with Gasteiger partial charge in [-0.2, -0.15) is 4.98 Å². The van der Waals surface area contributed by atoms with Crippen molar-refractivity contribution in [2.24, 2.45) is 0 Å². The fourth-order valence-corrected chi connectivity index (χ4v) is 6.98. The first-order valence-corrected chi connectivity index (χ1v) is 16.3. The van der Waals surface area contributed by atoms with Gasteiger partial charge in [-0.3, -0.25) is 4.79 Å². The molecule has 3 heterocycles. The Kier molecular flexibility index (Phi) is 7.46. The number of hydrogen-bond donors (Lipinski definition) is 1. The van der Waals surface area contributed by atoms with Crippen molar-refractivity contribution in [1.29, 1.82) is 0 Å². The predicted octanol–water partition coefficient (Wildman–Crippen LogP) is 4.32. The lowest BCUT2D eigenvalue weighted by atomic mass is 10.1. The molecular weight excluding hydrogens is 604 g/mol. The molecule has 0 spiro atoms. The van der Waals surface area contributed by atoms with Gasteiger partial charge in [0.15, 0.2) is 21.3 Å². The van der Waals surface area contributed by atoms with Crippen LogP contribution in [0.4, 0.5) is 14.6 Å². The Morgan fingerprint density at radius 2 is 1.76 bits per heavy atom. The minimum atomic E-state index is -3.89. The van der Waals surface area contributed by atoms with E-state index < -0.39 is 44.2 Å². The van der Waals surface area contributed by atoms with E-state index in [9.17, 15) is 23.1 Å². The van der Waals surface area contributed by atoms with Crippen LogP contribution >= 0.6 is 0 Å². The second kappa shape index (κ2) is 11.1. The first-order valence-electron chi connectivity index (χ1n) is 14.5. The lowest BCUT2D eigenvalue weighted by molar-refractivity contribution is -0.128. The summed E-state index contributed by atoms with van der Waals surface area (Å²) >= 11 is 0. The fourth-order valence-electron chi connectivity index (χ4n) is 6.10. The maximum absolute atomic E-state index is 16.0. The molecule has 1 saturated heterocycles. The summed E-state index contributed by atoms with van der Waals surface area (Å²) in [6.45, 7) is 7.72. The number of sulfone groups is 1. The number of benzene rings is 2. The van der Waals surface area contributed by atoms with E-state index >= 15 is 8.78 Å². The van der Waals surface area contributed by atoms with Gasteiger partial charge in [-0.15, -0.1) is 0 Å². The molecule has 2 aromatic heterocycles. The average Bonchev–Trinajstić information content (AvgIpc) is 3.83. The van der Waals surface area contributed by atoms with Gasteiger partial charge in [0.25, 0.3) is 0 Å².